The van der Waals surface area contributed by atoms with Crippen molar-refractivity contribution in [2.75, 3.05) is 26.2 Å². The number of nitrogens with zero attached hydrogens (tertiary/aromatic N) is 2. The minimum atomic E-state index is -2.81. The highest BCUT2D eigenvalue weighted by Crippen LogP contribution is 2.41. The van der Waals surface area contributed by atoms with Gasteiger partial charge in [-0.1, -0.05) is 36.4 Å². The second-order valence-corrected chi connectivity index (χ2v) is 9.06. The monoisotopic (exact) mass is 406 g/mol. The maximum atomic E-state index is 15.1. The van der Waals surface area contributed by atoms with Crippen LogP contribution in [0.4, 0.5) is 13.6 Å². The number of rotatable bonds is 4. The number of hydrogen-bond donors (Lipinski definition) is 0. The predicted octanol–water partition coefficient (Wildman–Crippen LogP) is 5.10. The van der Waals surface area contributed by atoms with E-state index in [1.165, 1.54) is 5.56 Å². The highest BCUT2D eigenvalue weighted by atomic mass is 19.3. The van der Waals surface area contributed by atoms with Crippen LogP contribution in [0.5, 0.6) is 0 Å². The average Bonchev–Trinajstić information content (AvgIpc) is 2.68. The van der Waals surface area contributed by atoms with Gasteiger partial charge in [-0.25, -0.2) is 13.6 Å². The lowest BCUT2D eigenvalue weighted by molar-refractivity contribution is -0.0536. The first-order valence-electron chi connectivity index (χ1n) is 10.5. The summed E-state index contributed by atoms with van der Waals surface area (Å²) in [4.78, 5) is 15.9. The summed E-state index contributed by atoms with van der Waals surface area (Å²) in [7, 11) is 0. The second kappa shape index (κ2) is 8.82. The number of amides is 1. The molecule has 0 bridgehead atoms. The minimum absolute atomic E-state index is 0.262. The molecule has 0 atom stereocenters. The third-order valence-corrected chi connectivity index (χ3v) is 5.63. The summed E-state index contributed by atoms with van der Waals surface area (Å²) in [5, 5.41) is 0. The number of piperidine rings is 1. The Labute approximate surface area is 172 Å². The van der Waals surface area contributed by atoms with Gasteiger partial charge in [0, 0.05) is 38.6 Å². The number of hydrogen-bond acceptors (Lipinski definition) is 3. The topological polar surface area (TPSA) is 32.8 Å². The summed E-state index contributed by atoms with van der Waals surface area (Å²) in [6.45, 7) is 8.05. The van der Waals surface area contributed by atoms with E-state index in [9.17, 15) is 4.79 Å². The van der Waals surface area contributed by atoms with Gasteiger partial charge in [0.2, 0.25) is 0 Å². The van der Waals surface area contributed by atoms with E-state index in [-0.39, 0.29) is 5.57 Å². The zero-order chi connectivity index (χ0) is 21.1. The van der Waals surface area contributed by atoms with Crippen LogP contribution >= 0.6 is 0 Å². The molecule has 0 aliphatic carbocycles. The Morgan fingerprint density at radius 2 is 1.76 bits per heavy atom. The van der Waals surface area contributed by atoms with Crippen LogP contribution in [0.2, 0.25) is 0 Å². The molecule has 2 aliphatic heterocycles. The van der Waals surface area contributed by atoms with Gasteiger partial charge in [0.05, 0.1) is 0 Å². The molecule has 1 amide bonds. The van der Waals surface area contributed by atoms with Gasteiger partial charge in [-0.15, -0.1) is 0 Å². The van der Waals surface area contributed by atoms with Crippen molar-refractivity contribution < 1.29 is 18.3 Å². The lowest BCUT2D eigenvalue weighted by atomic mass is 9.84. The largest absolute Gasteiger partial charge is 0.444 e. The van der Waals surface area contributed by atoms with Crippen LogP contribution in [0.25, 0.3) is 0 Å². The SMILES string of the molecule is CC(C)(C)OC(=O)N1CCC(C(F)(F)C2=CCN(Cc3ccccc3)CC2)CC1. The van der Waals surface area contributed by atoms with Crippen LogP contribution in [0.15, 0.2) is 42.0 Å². The molecule has 160 valence electrons. The van der Waals surface area contributed by atoms with Crippen LogP contribution in [0.3, 0.4) is 0 Å². The van der Waals surface area contributed by atoms with Gasteiger partial charge >= 0.3 is 6.09 Å². The molecule has 2 heterocycles. The summed E-state index contributed by atoms with van der Waals surface area (Å²) in [5.74, 6) is -3.52. The summed E-state index contributed by atoms with van der Waals surface area (Å²) >= 11 is 0. The van der Waals surface area contributed by atoms with Crippen molar-refractivity contribution >= 4 is 6.09 Å². The van der Waals surface area contributed by atoms with Crippen LogP contribution in [-0.2, 0) is 11.3 Å². The molecule has 0 aromatic heterocycles. The first-order valence-corrected chi connectivity index (χ1v) is 10.5. The lowest BCUT2D eigenvalue weighted by Crippen LogP contribution is -2.46. The van der Waals surface area contributed by atoms with Gasteiger partial charge in [-0.3, -0.25) is 4.90 Å². The van der Waals surface area contributed by atoms with Crippen molar-refractivity contribution in [2.45, 2.75) is 58.1 Å². The van der Waals surface area contributed by atoms with E-state index in [1.807, 2.05) is 39.0 Å². The molecule has 1 aromatic rings. The summed E-state index contributed by atoms with van der Waals surface area (Å²) in [6, 6.07) is 10.1. The number of ether oxygens (including phenoxy) is 1. The van der Waals surface area contributed by atoms with E-state index in [4.69, 9.17) is 4.74 Å². The fraction of sp³-hybridized carbons (Fsp3) is 0.609. The Morgan fingerprint density at radius 3 is 2.31 bits per heavy atom. The molecule has 1 saturated heterocycles. The Morgan fingerprint density at radius 1 is 1.10 bits per heavy atom. The third-order valence-electron chi connectivity index (χ3n) is 5.63. The number of likely N-dealkylation sites (tertiary alicyclic amines) is 1. The highest BCUT2D eigenvalue weighted by molar-refractivity contribution is 5.68. The lowest BCUT2D eigenvalue weighted by Gasteiger charge is -2.38. The van der Waals surface area contributed by atoms with E-state index in [1.54, 1.807) is 11.0 Å². The van der Waals surface area contributed by atoms with Crippen molar-refractivity contribution in [2.24, 2.45) is 5.92 Å². The fourth-order valence-corrected chi connectivity index (χ4v) is 4.01. The predicted molar refractivity (Wildman–Crippen MR) is 110 cm³/mol. The second-order valence-electron chi connectivity index (χ2n) is 9.06. The van der Waals surface area contributed by atoms with E-state index >= 15 is 8.78 Å². The fourth-order valence-electron chi connectivity index (χ4n) is 4.01. The Balaban J connectivity index is 1.53. The third kappa shape index (κ3) is 5.78. The van der Waals surface area contributed by atoms with Gasteiger partial charge in [0.25, 0.3) is 5.92 Å². The maximum absolute atomic E-state index is 15.1. The van der Waals surface area contributed by atoms with Crippen molar-refractivity contribution in [1.82, 2.24) is 9.80 Å². The molecular weight excluding hydrogens is 374 g/mol. The first-order chi connectivity index (χ1) is 13.6. The number of alkyl halides is 2. The molecule has 0 radical (unpaired) electrons. The zero-order valence-corrected chi connectivity index (χ0v) is 17.7. The van der Waals surface area contributed by atoms with Crippen LogP contribution in [0, 0.1) is 5.92 Å². The van der Waals surface area contributed by atoms with Crippen molar-refractivity contribution in [1.29, 1.82) is 0 Å². The van der Waals surface area contributed by atoms with Gasteiger partial charge < -0.3 is 9.64 Å². The number of benzene rings is 1. The summed E-state index contributed by atoms with van der Waals surface area (Å²) in [5.41, 5.74) is 0.888. The van der Waals surface area contributed by atoms with Crippen LogP contribution in [0.1, 0.15) is 45.6 Å². The molecule has 3 rings (SSSR count). The van der Waals surface area contributed by atoms with Gasteiger partial charge in [-0.2, -0.15) is 0 Å². The maximum Gasteiger partial charge on any atom is 0.410 e. The normalized spacial score (nSPS) is 19.8. The number of carbonyl (C=O) groups excluding carboxylic acids is 1. The molecule has 2 aliphatic rings. The summed E-state index contributed by atoms with van der Waals surface area (Å²) in [6.07, 6.45) is 2.31. The molecule has 0 spiro atoms. The Hall–Kier alpha value is -1.95. The Kier molecular flexibility index (Phi) is 6.62. The molecule has 0 N–H and O–H groups in total. The Bertz CT molecular complexity index is 720. The molecule has 29 heavy (non-hydrogen) atoms. The van der Waals surface area contributed by atoms with E-state index in [2.05, 4.69) is 17.0 Å². The van der Waals surface area contributed by atoms with E-state index < -0.39 is 23.5 Å². The molecule has 0 saturated carbocycles. The number of carbonyl (C=O) groups is 1. The number of halogens is 2. The molecule has 1 fully saturated rings. The molecule has 6 heteroatoms. The van der Waals surface area contributed by atoms with Gasteiger partial charge in [0.15, 0.2) is 0 Å². The van der Waals surface area contributed by atoms with Crippen molar-refractivity contribution in [3.05, 3.63) is 47.5 Å². The zero-order valence-electron chi connectivity index (χ0n) is 17.7. The van der Waals surface area contributed by atoms with Crippen LogP contribution in [-0.4, -0.2) is 53.6 Å². The smallest absolute Gasteiger partial charge is 0.410 e. The highest BCUT2D eigenvalue weighted by Gasteiger charge is 2.45. The van der Waals surface area contributed by atoms with Gasteiger partial charge in [0.1, 0.15) is 5.60 Å². The average molecular weight is 407 g/mol. The minimum Gasteiger partial charge on any atom is -0.444 e. The molecule has 4 nitrogen and oxygen atoms in total. The van der Waals surface area contributed by atoms with Crippen molar-refractivity contribution in [3.8, 4) is 0 Å². The molecule has 0 unspecified atom stereocenters. The van der Waals surface area contributed by atoms with E-state index in [0.29, 0.717) is 45.4 Å². The van der Waals surface area contributed by atoms with E-state index in [0.717, 1.165) is 6.54 Å². The van der Waals surface area contributed by atoms with Gasteiger partial charge in [-0.05, 0) is 51.2 Å². The van der Waals surface area contributed by atoms with Crippen LogP contribution < -0.4 is 0 Å². The molecular formula is C23H32F2N2O2. The first kappa shape index (κ1) is 21.8. The summed E-state index contributed by atoms with van der Waals surface area (Å²) < 4.78 is 35.6. The standard InChI is InChI=1S/C23H32F2N2O2/c1-22(2,3)29-21(28)27-15-11-20(12-16-27)23(24,25)19-9-13-26(14-10-19)17-18-7-5-4-6-8-18/h4-9,20H,10-17H2,1-3H3. The molecule has 1 aromatic carbocycles. The van der Waals surface area contributed by atoms with Crippen molar-refractivity contribution in [3.63, 3.8) is 0 Å². The quantitative estimate of drug-likeness (QED) is 0.652.